The Labute approximate surface area is 233 Å². The van der Waals surface area contributed by atoms with Gasteiger partial charge in [0.05, 0.1) is 5.69 Å². The van der Waals surface area contributed by atoms with E-state index in [1.807, 2.05) is 102 Å². The van der Waals surface area contributed by atoms with Crippen LogP contribution in [0.25, 0.3) is 22.3 Å². The molecule has 1 aliphatic rings. The minimum atomic E-state index is -4.65. The van der Waals surface area contributed by atoms with Crippen LogP contribution in [-0.2, 0) is 24.2 Å². The van der Waals surface area contributed by atoms with Gasteiger partial charge in [0.2, 0.25) is 0 Å². The first-order valence-electron chi connectivity index (χ1n) is 13.3. The van der Waals surface area contributed by atoms with Crippen LogP contribution in [0.5, 0.6) is 0 Å². The smallest absolute Gasteiger partial charge is 0.355 e. The molecule has 202 valence electrons. The van der Waals surface area contributed by atoms with Crippen LogP contribution < -0.4 is 5.32 Å². The van der Waals surface area contributed by atoms with Crippen LogP contribution in [0.2, 0.25) is 0 Å². The molecule has 1 aromatic heterocycles. The van der Waals surface area contributed by atoms with Gasteiger partial charge in [-0.05, 0) is 28.3 Å². The van der Waals surface area contributed by atoms with Crippen LogP contribution in [0.15, 0.2) is 115 Å². The fourth-order valence-electron chi connectivity index (χ4n) is 5.45. The average Bonchev–Trinajstić information content (AvgIpc) is 3.39. The number of anilines is 1. The standard InChI is InChI=1S/C32H31N4O3P/c37-40(38,39)32(31-33-21-27-23-35(19-20-36(27)31)22-24-11-4-1-5-12-24)34-29-18-10-17-28(25-13-6-2-7-14-25)30(29)26-15-8-3-9-16-26/h1-18,21,32,34H,19-20,22-23H2,(H2,37,38,39). The van der Waals surface area contributed by atoms with Crippen LogP contribution in [0, 0.1) is 0 Å². The second-order valence-corrected chi connectivity index (χ2v) is 11.7. The summed E-state index contributed by atoms with van der Waals surface area (Å²) in [4.78, 5) is 28.1. The molecule has 0 fully saturated rings. The van der Waals surface area contributed by atoms with Crippen LogP contribution in [0.4, 0.5) is 5.69 Å². The predicted octanol–water partition coefficient (Wildman–Crippen LogP) is 6.52. The molecule has 0 aliphatic carbocycles. The number of nitrogens with one attached hydrogen (secondary N) is 1. The summed E-state index contributed by atoms with van der Waals surface area (Å²) >= 11 is 0. The van der Waals surface area contributed by atoms with Gasteiger partial charge >= 0.3 is 7.60 Å². The number of fused-ring (bicyclic) bond motifs is 1. The molecule has 2 heterocycles. The molecule has 1 aliphatic heterocycles. The summed E-state index contributed by atoms with van der Waals surface area (Å²) in [6, 6.07) is 36.1. The Morgan fingerprint density at radius 3 is 2.12 bits per heavy atom. The third-order valence-electron chi connectivity index (χ3n) is 7.33. The maximum Gasteiger partial charge on any atom is 0.355 e. The van der Waals surface area contributed by atoms with Gasteiger partial charge in [0, 0.05) is 43.6 Å². The summed E-state index contributed by atoms with van der Waals surface area (Å²) in [7, 11) is -4.65. The SMILES string of the molecule is O=P(O)(O)C(Nc1cccc(-c2ccccc2)c1-c1ccccc1)c1ncc2n1CCN(Cc1ccccc1)C2. The molecule has 0 bridgehead atoms. The summed E-state index contributed by atoms with van der Waals surface area (Å²) in [5.74, 6) is -0.942. The van der Waals surface area contributed by atoms with Crippen molar-refractivity contribution >= 4 is 13.3 Å². The van der Waals surface area contributed by atoms with Gasteiger partial charge in [0.15, 0.2) is 5.78 Å². The minimum absolute atomic E-state index is 0.354. The maximum absolute atomic E-state index is 13.0. The van der Waals surface area contributed by atoms with Gasteiger partial charge in [-0.1, -0.05) is 103 Å². The van der Waals surface area contributed by atoms with Gasteiger partial charge in [-0.2, -0.15) is 0 Å². The van der Waals surface area contributed by atoms with Gasteiger partial charge in [-0.15, -0.1) is 0 Å². The van der Waals surface area contributed by atoms with E-state index in [1.165, 1.54) is 5.56 Å². The third kappa shape index (κ3) is 5.51. The summed E-state index contributed by atoms with van der Waals surface area (Å²) in [6.45, 7) is 2.84. The Kier molecular flexibility index (Phi) is 7.37. The molecule has 0 saturated carbocycles. The summed E-state index contributed by atoms with van der Waals surface area (Å²) < 4.78 is 15.0. The van der Waals surface area contributed by atoms with Crippen LogP contribution in [0.3, 0.4) is 0 Å². The molecule has 3 N–H and O–H groups in total. The Balaban J connectivity index is 1.36. The Hall–Kier alpha value is -4.00. The molecule has 7 nitrogen and oxygen atoms in total. The lowest BCUT2D eigenvalue weighted by Crippen LogP contribution is -2.34. The zero-order chi connectivity index (χ0) is 27.5. The van der Waals surface area contributed by atoms with Gasteiger partial charge < -0.3 is 19.7 Å². The zero-order valence-corrected chi connectivity index (χ0v) is 22.9. The maximum atomic E-state index is 13.0. The number of imidazole rings is 1. The van der Waals surface area contributed by atoms with Crippen molar-refractivity contribution < 1.29 is 14.4 Å². The van der Waals surface area contributed by atoms with Crippen molar-refractivity contribution in [3.8, 4) is 22.3 Å². The zero-order valence-electron chi connectivity index (χ0n) is 22.0. The molecule has 5 aromatic rings. The van der Waals surface area contributed by atoms with Gasteiger partial charge in [0.25, 0.3) is 0 Å². The largest absolute Gasteiger partial charge is 0.365 e. The number of hydrogen-bond acceptors (Lipinski definition) is 4. The molecule has 1 atom stereocenters. The molecule has 8 heteroatoms. The molecular weight excluding hydrogens is 519 g/mol. The topological polar surface area (TPSA) is 90.6 Å². The van der Waals surface area contributed by atoms with Crippen molar-refractivity contribution in [2.75, 3.05) is 11.9 Å². The quantitative estimate of drug-likeness (QED) is 0.191. The van der Waals surface area contributed by atoms with E-state index in [0.717, 1.165) is 41.0 Å². The van der Waals surface area contributed by atoms with E-state index in [9.17, 15) is 14.4 Å². The highest BCUT2D eigenvalue weighted by Crippen LogP contribution is 2.53. The highest BCUT2D eigenvalue weighted by atomic mass is 31.2. The lowest BCUT2D eigenvalue weighted by molar-refractivity contribution is 0.211. The van der Waals surface area contributed by atoms with E-state index in [2.05, 4.69) is 27.3 Å². The van der Waals surface area contributed by atoms with Gasteiger partial charge in [0.1, 0.15) is 5.82 Å². The molecule has 0 spiro atoms. The first-order valence-corrected chi connectivity index (χ1v) is 15.0. The second kappa shape index (κ2) is 11.2. The molecule has 4 aromatic carbocycles. The molecule has 1 unspecified atom stereocenters. The summed E-state index contributed by atoms with van der Waals surface area (Å²) in [5.41, 5.74) is 6.65. The first kappa shape index (κ1) is 26.2. The van der Waals surface area contributed by atoms with E-state index >= 15 is 0 Å². The number of rotatable bonds is 8. The minimum Gasteiger partial charge on any atom is -0.365 e. The molecule has 0 saturated heterocycles. The fourth-order valence-corrected chi connectivity index (χ4v) is 6.26. The Morgan fingerprint density at radius 1 is 0.800 bits per heavy atom. The molecular formula is C32H31N4O3P. The van der Waals surface area contributed by atoms with E-state index in [4.69, 9.17) is 0 Å². The Morgan fingerprint density at radius 2 is 1.45 bits per heavy atom. The molecule has 0 radical (unpaired) electrons. The number of aromatic nitrogens is 2. The normalized spacial score (nSPS) is 14.4. The van der Waals surface area contributed by atoms with Crippen molar-refractivity contribution in [1.82, 2.24) is 14.5 Å². The van der Waals surface area contributed by atoms with Crippen LogP contribution in [-0.4, -0.2) is 30.8 Å². The number of hydrogen-bond donors (Lipinski definition) is 3. The van der Waals surface area contributed by atoms with Gasteiger partial charge in [-0.3, -0.25) is 9.46 Å². The molecule has 0 amide bonds. The molecule has 40 heavy (non-hydrogen) atoms. The lowest BCUT2D eigenvalue weighted by atomic mass is 9.93. The van der Waals surface area contributed by atoms with Crippen LogP contribution in [0.1, 0.15) is 22.9 Å². The Bertz CT molecular complexity index is 1640. The van der Waals surface area contributed by atoms with Crippen LogP contribution >= 0.6 is 7.60 Å². The number of benzene rings is 4. The lowest BCUT2D eigenvalue weighted by Gasteiger charge is -2.30. The fraction of sp³-hybridized carbons (Fsp3) is 0.156. The highest BCUT2D eigenvalue weighted by Gasteiger charge is 2.36. The van der Waals surface area contributed by atoms with Crippen molar-refractivity contribution in [3.05, 3.63) is 132 Å². The number of nitrogens with zero attached hydrogens (tertiary/aromatic N) is 3. The summed E-state index contributed by atoms with van der Waals surface area (Å²) in [6.07, 6.45) is 1.75. The second-order valence-electron chi connectivity index (χ2n) is 10.1. The van der Waals surface area contributed by atoms with E-state index in [1.54, 1.807) is 6.20 Å². The predicted molar refractivity (Wildman–Crippen MR) is 159 cm³/mol. The summed E-state index contributed by atoms with van der Waals surface area (Å²) in [5, 5.41) is 3.24. The van der Waals surface area contributed by atoms with Gasteiger partial charge in [-0.25, -0.2) is 4.98 Å². The monoisotopic (exact) mass is 550 g/mol. The van der Waals surface area contributed by atoms with E-state index < -0.39 is 13.4 Å². The van der Waals surface area contributed by atoms with Crippen molar-refractivity contribution in [2.24, 2.45) is 0 Å². The van der Waals surface area contributed by atoms with E-state index in [-0.39, 0.29) is 0 Å². The highest BCUT2D eigenvalue weighted by molar-refractivity contribution is 7.52. The van der Waals surface area contributed by atoms with Crippen molar-refractivity contribution in [3.63, 3.8) is 0 Å². The third-order valence-corrected chi connectivity index (χ3v) is 8.36. The van der Waals surface area contributed by atoms with E-state index in [0.29, 0.717) is 24.6 Å². The first-order chi connectivity index (χ1) is 19.5. The average molecular weight is 551 g/mol. The van der Waals surface area contributed by atoms with Crippen molar-refractivity contribution in [1.29, 1.82) is 0 Å². The van der Waals surface area contributed by atoms with Crippen molar-refractivity contribution in [2.45, 2.75) is 25.4 Å². The molecule has 6 rings (SSSR count).